The van der Waals surface area contributed by atoms with Gasteiger partial charge in [-0.1, -0.05) is 19.3 Å². The summed E-state index contributed by atoms with van der Waals surface area (Å²) in [6.07, 6.45) is 7.54. The second-order valence-corrected chi connectivity index (χ2v) is 8.50. The Morgan fingerprint density at radius 1 is 1.23 bits per heavy atom. The average Bonchev–Trinajstić information content (AvgIpc) is 2.98. The molecular weight excluding hydrogens is 302 g/mol. The number of piperidine rings is 1. The minimum atomic E-state index is -3.38. The predicted octanol–water partition coefficient (Wildman–Crippen LogP) is 0.494. The summed E-state index contributed by atoms with van der Waals surface area (Å²) in [4.78, 5) is 4.39. The zero-order valence-corrected chi connectivity index (χ0v) is 14.5. The maximum atomic E-state index is 12.4. The minimum Gasteiger partial charge on any atom is -0.370 e. The third-order valence-corrected chi connectivity index (χ3v) is 6.51. The molecule has 0 aromatic carbocycles. The highest BCUT2D eigenvalue weighted by Crippen LogP contribution is 2.22. The SMILES string of the molecule is CN(C)S(=O)(=O)N1CCCCC1CN=C(N)NC1CCCC1. The molecule has 2 rings (SSSR count). The smallest absolute Gasteiger partial charge is 0.281 e. The van der Waals surface area contributed by atoms with E-state index in [1.165, 1.54) is 17.1 Å². The van der Waals surface area contributed by atoms with E-state index in [9.17, 15) is 8.42 Å². The van der Waals surface area contributed by atoms with Crippen LogP contribution < -0.4 is 11.1 Å². The van der Waals surface area contributed by atoms with E-state index in [1.54, 1.807) is 18.4 Å². The molecular formula is C14H29N5O2S. The fraction of sp³-hybridized carbons (Fsp3) is 0.929. The van der Waals surface area contributed by atoms with E-state index in [0.717, 1.165) is 32.1 Å². The van der Waals surface area contributed by atoms with Gasteiger partial charge in [-0.2, -0.15) is 17.0 Å². The van der Waals surface area contributed by atoms with Gasteiger partial charge in [-0.25, -0.2) is 0 Å². The zero-order valence-electron chi connectivity index (χ0n) is 13.7. The molecule has 1 unspecified atom stereocenters. The first-order valence-electron chi connectivity index (χ1n) is 8.17. The van der Waals surface area contributed by atoms with Gasteiger partial charge >= 0.3 is 0 Å². The van der Waals surface area contributed by atoms with E-state index in [2.05, 4.69) is 10.3 Å². The van der Waals surface area contributed by atoms with Crippen LogP contribution in [0.1, 0.15) is 44.9 Å². The van der Waals surface area contributed by atoms with Gasteiger partial charge in [0.15, 0.2) is 5.96 Å². The highest BCUT2D eigenvalue weighted by molar-refractivity contribution is 7.86. The highest BCUT2D eigenvalue weighted by atomic mass is 32.2. The van der Waals surface area contributed by atoms with E-state index in [-0.39, 0.29) is 6.04 Å². The number of aliphatic imine (C=N–C) groups is 1. The Balaban J connectivity index is 1.96. The largest absolute Gasteiger partial charge is 0.370 e. The summed E-state index contributed by atoms with van der Waals surface area (Å²) in [7, 11) is -0.244. The second kappa shape index (κ2) is 7.61. The molecule has 0 radical (unpaired) electrons. The van der Waals surface area contributed by atoms with Crippen LogP contribution in [0.4, 0.5) is 0 Å². The average molecular weight is 331 g/mol. The standard InChI is InChI=1S/C14H29N5O2S/c1-18(2)22(20,21)19-10-6-5-9-13(19)11-16-14(15)17-12-7-3-4-8-12/h12-13H,3-11H2,1-2H3,(H3,15,16,17). The normalized spacial score (nSPS) is 25.8. The van der Waals surface area contributed by atoms with Crippen molar-refractivity contribution in [3.05, 3.63) is 0 Å². The maximum absolute atomic E-state index is 12.4. The molecule has 1 heterocycles. The first-order chi connectivity index (χ1) is 10.4. The number of rotatable bonds is 5. The summed E-state index contributed by atoms with van der Waals surface area (Å²) in [5, 5.41) is 3.24. The van der Waals surface area contributed by atoms with Crippen LogP contribution in [0, 0.1) is 0 Å². The van der Waals surface area contributed by atoms with Crippen molar-refractivity contribution in [2.24, 2.45) is 10.7 Å². The van der Waals surface area contributed by atoms with Crippen molar-refractivity contribution in [1.82, 2.24) is 13.9 Å². The van der Waals surface area contributed by atoms with Crippen LogP contribution in [0.25, 0.3) is 0 Å². The number of nitrogens with zero attached hydrogens (tertiary/aromatic N) is 3. The molecule has 1 saturated carbocycles. The number of hydrogen-bond donors (Lipinski definition) is 2. The fourth-order valence-corrected chi connectivity index (χ4v) is 4.53. The monoisotopic (exact) mass is 331 g/mol. The van der Waals surface area contributed by atoms with E-state index in [0.29, 0.717) is 25.1 Å². The van der Waals surface area contributed by atoms with Crippen molar-refractivity contribution in [3.63, 3.8) is 0 Å². The number of nitrogens with two attached hydrogens (primary N) is 1. The second-order valence-electron chi connectivity index (χ2n) is 6.40. The molecule has 1 aliphatic heterocycles. The third-order valence-electron chi connectivity index (χ3n) is 4.51. The van der Waals surface area contributed by atoms with E-state index in [4.69, 9.17) is 5.73 Å². The predicted molar refractivity (Wildman–Crippen MR) is 88.8 cm³/mol. The molecule has 22 heavy (non-hydrogen) atoms. The lowest BCUT2D eigenvalue weighted by Crippen LogP contribution is -2.50. The van der Waals surface area contributed by atoms with Crippen molar-refractivity contribution in [2.75, 3.05) is 27.2 Å². The summed E-state index contributed by atoms with van der Waals surface area (Å²) in [6.45, 7) is 0.995. The zero-order chi connectivity index (χ0) is 16.2. The lowest BCUT2D eigenvalue weighted by Gasteiger charge is -2.35. The summed E-state index contributed by atoms with van der Waals surface area (Å²) in [5.41, 5.74) is 5.95. The van der Waals surface area contributed by atoms with Crippen molar-refractivity contribution in [3.8, 4) is 0 Å². The maximum Gasteiger partial charge on any atom is 0.281 e. The van der Waals surface area contributed by atoms with Gasteiger partial charge in [-0.05, 0) is 25.7 Å². The van der Waals surface area contributed by atoms with Crippen molar-refractivity contribution in [2.45, 2.75) is 57.0 Å². The molecule has 0 bridgehead atoms. The Bertz CT molecular complexity index is 485. The quantitative estimate of drug-likeness (QED) is 0.567. The van der Waals surface area contributed by atoms with Gasteiger partial charge < -0.3 is 11.1 Å². The van der Waals surface area contributed by atoms with Crippen molar-refractivity contribution < 1.29 is 8.42 Å². The van der Waals surface area contributed by atoms with Gasteiger partial charge in [0.2, 0.25) is 0 Å². The highest BCUT2D eigenvalue weighted by Gasteiger charge is 2.33. The number of nitrogens with one attached hydrogen (secondary N) is 1. The lowest BCUT2D eigenvalue weighted by atomic mass is 10.1. The summed E-state index contributed by atoms with van der Waals surface area (Å²) in [6, 6.07) is 0.335. The Morgan fingerprint density at radius 3 is 2.50 bits per heavy atom. The molecule has 1 atom stereocenters. The molecule has 1 aliphatic carbocycles. The first kappa shape index (κ1) is 17.5. The molecule has 0 spiro atoms. The van der Waals surface area contributed by atoms with Crippen LogP contribution in [0.5, 0.6) is 0 Å². The molecule has 1 saturated heterocycles. The van der Waals surface area contributed by atoms with E-state index < -0.39 is 10.2 Å². The van der Waals surface area contributed by atoms with Gasteiger partial charge in [-0.3, -0.25) is 4.99 Å². The first-order valence-corrected chi connectivity index (χ1v) is 9.56. The summed E-state index contributed by atoms with van der Waals surface area (Å²) >= 11 is 0. The van der Waals surface area contributed by atoms with E-state index >= 15 is 0 Å². The van der Waals surface area contributed by atoms with Crippen LogP contribution in [0.15, 0.2) is 4.99 Å². The molecule has 7 nitrogen and oxygen atoms in total. The van der Waals surface area contributed by atoms with Gasteiger partial charge in [0.1, 0.15) is 0 Å². The van der Waals surface area contributed by atoms with Gasteiger partial charge in [0.25, 0.3) is 10.2 Å². The van der Waals surface area contributed by atoms with Gasteiger partial charge in [0, 0.05) is 32.7 Å². The molecule has 2 fully saturated rings. The molecule has 0 amide bonds. The lowest BCUT2D eigenvalue weighted by molar-refractivity contribution is 0.245. The minimum absolute atomic E-state index is 0.0925. The van der Waals surface area contributed by atoms with Crippen LogP contribution in [0.2, 0.25) is 0 Å². The summed E-state index contributed by atoms with van der Waals surface area (Å²) in [5.74, 6) is 0.444. The molecule has 3 N–H and O–H groups in total. The topological polar surface area (TPSA) is 91.0 Å². The van der Waals surface area contributed by atoms with E-state index in [1.807, 2.05) is 0 Å². The van der Waals surface area contributed by atoms with Gasteiger partial charge in [0.05, 0.1) is 6.54 Å². The molecule has 128 valence electrons. The summed E-state index contributed by atoms with van der Waals surface area (Å²) < 4.78 is 27.6. The Kier molecular flexibility index (Phi) is 6.05. The number of guanidine groups is 1. The van der Waals surface area contributed by atoms with Crippen LogP contribution in [0.3, 0.4) is 0 Å². The van der Waals surface area contributed by atoms with Crippen molar-refractivity contribution >= 4 is 16.2 Å². The molecule has 8 heteroatoms. The van der Waals surface area contributed by atoms with Crippen LogP contribution >= 0.6 is 0 Å². The van der Waals surface area contributed by atoms with Crippen LogP contribution in [-0.2, 0) is 10.2 Å². The molecule has 0 aromatic heterocycles. The Labute approximate surface area is 134 Å². The molecule has 2 aliphatic rings. The fourth-order valence-electron chi connectivity index (χ4n) is 3.20. The third kappa shape index (κ3) is 4.33. The van der Waals surface area contributed by atoms with Crippen molar-refractivity contribution in [1.29, 1.82) is 0 Å². The molecule has 0 aromatic rings. The Morgan fingerprint density at radius 2 is 1.86 bits per heavy atom. The number of hydrogen-bond acceptors (Lipinski definition) is 3. The van der Waals surface area contributed by atoms with Crippen LogP contribution in [-0.4, -0.2) is 62.3 Å². The Hall–Kier alpha value is -0.860. The van der Waals surface area contributed by atoms with Gasteiger partial charge in [-0.15, -0.1) is 0 Å².